The van der Waals surface area contributed by atoms with Crippen LogP contribution in [0, 0.1) is 6.92 Å². The van der Waals surface area contributed by atoms with E-state index in [2.05, 4.69) is 4.98 Å². The maximum Gasteiger partial charge on any atom is 0.360 e. The number of nitrogens with zero attached hydrogens (tertiary/aromatic N) is 2. The highest BCUT2D eigenvalue weighted by Crippen LogP contribution is 2.44. The number of aryl methyl sites for hydroxylation is 1. The summed E-state index contributed by atoms with van der Waals surface area (Å²) in [7, 11) is 0. The van der Waals surface area contributed by atoms with E-state index in [1.54, 1.807) is 32.3 Å². The molecular weight excluding hydrogens is 318 g/mol. The molecule has 134 valence electrons. The van der Waals surface area contributed by atoms with Crippen molar-refractivity contribution >= 4 is 11.8 Å². The quantitative estimate of drug-likeness (QED) is 0.754. The first-order chi connectivity index (χ1) is 11.3. The standard InChI is InChI=1S/C15H23N3O6/c1-5-21-14(20)9-12(16)18(7(2)17-9)13-11-10(8(6-19)22-13)23-15(3,4)24-11/h8,10-11,13,19H,5-6,16H2,1-4H3/t8-,10-,11-,13?/m1/s1. The third-order valence-electron chi connectivity index (χ3n) is 4.15. The molecule has 2 saturated heterocycles. The molecule has 2 aliphatic rings. The van der Waals surface area contributed by atoms with Crippen molar-refractivity contribution in [1.29, 1.82) is 0 Å². The summed E-state index contributed by atoms with van der Waals surface area (Å²) in [6, 6.07) is 0. The fourth-order valence-electron chi connectivity index (χ4n) is 3.25. The smallest absolute Gasteiger partial charge is 0.360 e. The monoisotopic (exact) mass is 341 g/mol. The predicted molar refractivity (Wildman–Crippen MR) is 82.2 cm³/mol. The van der Waals surface area contributed by atoms with E-state index in [1.165, 1.54) is 0 Å². The van der Waals surface area contributed by atoms with Crippen molar-refractivity contribution in [1.82, 2.24) is 9.55 Å². The predicted octanol–water partition coefficient (Wildman–Crippen LogP) is 0.360. The van der Waals surface area contributed by atoms with Gasteiger partial charge in [0.05, 0.1) is 13.2 Å². The van der Waals surface area contributed by atoms with E-state index in [0.29, 0.717) is 5.82 Å². The third kappa shape index (κ3) is 2.67. The number of ether oxygens (including phenoxy) is 4. The van der Waals surface area contributed by atoms with Gasteiger partial charge in [0.25, 0.3) is 0 Å². The Morgan fingerprint density at radius 1 is 1.42 bits per heavy atom. The molecule has 1 aromatic rings. The van der Waals surface area contributed by atoms with Gasteiger partial charge in [0.2, 0.25) is 0 Å². The molecule has 0 saturated carbocycles. The number of carbonyl (C=O) groups excluding carboxylic acids is 1. The number of nitrogen functional groups attached to an aromatic ring is 1. The number of aliphatic hydroxyl groups excluding tert-OH is 1. The lowest BCUT2D eigenvalue weighted by Crippen LogP contribution is -2.31. The van der Waals surface area contributed by atoms with E-state index in [4.69, 9.17) is 24.7 Å². The van der Waals surface area contributed by atoms with Gasteiger partial charge in [-0.25, -0.2) is 9.78 Å². The number of rotatable bonds is 4. The molecule has 24 heavy (non-hydrogen) atoms. The first kappa shape index (κ1) is 17.2. The van der Waals surface area contributed by atoms with Crippen LogP contribution in [0.15, 0.2) is 0 Å². The largest absolute Gasteiger partial charge is 0.461 e. The second kappa shape index (κ2) is 5.99. The van der Waals surface area contributed by atoms with E-state index < -0.39 is 36.3 Å². The molecule has 0 amide bonds. The number of hydrogen-bond acceptors (Lipinski definition) is 8. The maximum atomic E-state index is 12.0. The molecular formula is C15H23N3O6. The number of nitrogens with two attached hydrogens (primary N) is 1. The average molecular weight is 341 g/mol. The minimum absolute atomic E-state index is 0.0418. The van der Waals surface area contributed by atoms with Crippen molar-refractivity contribution < 1.29 is 28.8 Å². The van der Waals surface area contributed by atoms with E-state index in [9.17, 15) is 9.90 Å². The molecule has 4 atom stereocenters. The highest BCUT2D eigenvalue weighted by Gasteiger charge is 2.56. The first-order valence-electron chi connectivity index (χ1n) is 7.92. The van der Waals surface area contributed by atoms with Crippen molar-refractivity contribution in [3.63, 3.8) is 0 Å². The summed E-state index contributed by atoms with van der Waals surface area (Å²) in [5, 5.41) is 9.56. The zero-order valence-electron chi connectivity index (χ0n) is 14.2. The van der Waals surface area contributed by atoms with Crippen LogP contribution < -0.4 is 5.73 Å². The molecule has 2 fully saturated rings. The Kier molecular flexibility index (Phi) is 4.28. The number of esters is 1. The lowest BCUT2D eigenvalue weighted by Gasteiger charge is -2.25. The van der Waals surface area contributed by atoms with Gasteiger partial charge in [-0.2, -0.15) is 0 Å². The Morgan fingerprint density at radius 2 is 2.08 bits per heavy atom. The fraction of sp³-hybridized carbons (Fsp3) is 0.733. The summed E-state index contributed by atoms with van der Waals surface area (Å²) in [6.07, 6.45) is -2.09. The van der Waals surface area contributed by atoms with Crippen LogP contribution in [-0.4, -0.2) is 57.9 Å². The van der Waals surface area contributed by atoms with Crippen LogP contribution in [0.5, 0.6) is 0 Å². The summed E-state index contributed by atoms with van der Waals surface area (Å²) in [4.78, 5) is 16.2. The molecule has 9 nitrogen and oxygen atoms in total. The zero-order valence-corrected chi connectivity index (χ0v) is 14.2. The van der Waals surface area contributed by atoms with Gasteiger partial charge < -0.3 is 29.8 Å². The normalized spacial score (nSPS) is 31.2. The number of carbonyl (C=O) groups is 1. The van der Waals surface area contributed by atoms with Crippen LogP contribution in [0.1, 0.15) is 43.3 Å². The number of aromatic nitrogens is 2. The number of anilines is 1. The summed E-state index contributed by atoms with van der Waals surface area (Å²) >= 11 is 0. The highest BCUT2D eigenvalue weighted by molar-refractivity contribution is 5.92. The van der Waals surface area contributed by atoms with Crippen LogP contribution in [-0.2, 0) is 18.9 Å². The molecule has 2 aliphatic heterocycles. The molecule has 0 aliphatic carbocycles. The molecule has 3 rings (SSSR count). The third-order valence-corrected chi connectivity index (χ3v) is 4.15. The van der Waals surface area contributed by atoms with Gasteiger partial charge in [-0.15, -0.1) is 0 Å². The Hall–Kier alpha value is -1.68. The number of aliphatic hydroxyl groups is 1. The zero-order chi connectivity index (χ0) is 17.6. The lowest BCUT2D eigenvalue weighted by molar-refractivity contribution is -0.200. The van der Waals surface area contributed by atoms with Crippen LogP contribution in [0.3, 0.4) is 0 Å². The summed E-state index contributed by atoms with van der Waals surface area (Å²) in [5.74, 6) is -0.750. The van der Waals surface area contributed by atoms with Gasteiger partial charge in [0.15, 0.2) is 17.7 Å². The average Bonchev–Trinajstić information content (AvgIpc) is 3.08. The SMILES string of the molecule is CCOC(=O)c1nc(C)n(C2O[C@H](CO)[C@H]3OC(C)(C)O[C@@H]23)c1N. The van der Waals surface area contributed by atoms with Crippen molar-refractivity contribution in [2.75, 3.05) is 18.9 Å². The van der Waals surface area contributed by atoms with Crippen molar-refractivity contribution in [2.45, 2.75) is 58.0 Å². The Bertz CT molecular complexity index is 643. The van der Waals surface area contributed by atoms with Gasteiger partial charge in [-0.3, -0.25) is 4.57 Å². The topological polar surface area (TPSA) is 118 Å². The highest BCUT2D eigenvalue weighted by atomic mass is 16.8. The summed E-state index contributed by atoms with van der Waals surface area (Å²) in [5.41, 5.74) is 6.15. The Balaban J connectivity index is 1.96. The Morgan fingerprint density at radius 3 is 2.71 bits per heavy atom. The molecule has 3 heterocycles. The second-order valence-corrected chi connectivity index (χ2v) is 6.30. The summed E-state index contributed by atoms with van der Waals surface area (Å²) < 4.78 is 24.2. The van der Waals surface area contributed by atoms with Gasteiger partial charge in [-0.05, 0) is 27.7 Å². The molecule has 0 spiro atoms. The van der Waals surface area contributed by atoms with Gasteiger partial charge in [0, 0.05) is 0 Å². The van der Waals surface area contributed by atoms with E-state index >= 15 is 0 Å². The van der Waals surface area contributed by atoms with Crippen molar-refractivity contribution in [2.24, 2.45) is 0 Å². The molecule has 0 aromatic carbocycles. The van der Waals surface area contributed by atoms with Gasteiger partial charge in [-0.1, -0.05) is 0 Å². The van der Waals surface area contributed by atoms with Crippen LogP contribution in [0.2, 0.25) is 0 Å². The van der Waals surface area contributed by atoms with Gasteiger partial charge in [0.1, 0.15) is 30.0 Å². The Labute approximate surface area is 139 Å². The lowest BCUT2D eigenvalue weighted by atomic mass is 10.1. The van der Waals surface area contributed by atoms with Gasteiger partial charge >= 0.3 is 5.97 Å². The maximum absolute atomic E-state index is 12.0. The van der Waals surface area contributed by atoms with Crippen LogP contribution >= 0.6 is 0 Å². The molecule has 9 heteroatoms. The molecule has 0 radical (unpaired) electrons. The second-order valence-electron chi connectivity index (χ2n) is 6.30. The number of fused-ring (bicyclic) bond motifs is 1. The molecule has 1 aromatic heterocycles. The molecule has 0 bridgehead atoms. The van der Waals surface area contributed by atoms with E-state index in [-0.39, 0.29) is 24.7 Å². The van der Waals surface area contributed by atoms with Crippen LogP contribution in [0.4, 0.5) is 5.82 Å². The van der Waals surface area contributed by atoms with Crippen LogP contribution in [0.25, 0.3) is 0 Å². The summed E-state index contributed by atoms with van der Waals surface area (Å²) in [6.45, 7) is 7.03. The minimum Gasteiger partial charge on any atom is -0.461 e. The molecule has 3 N–H and O–H groups in total. The van der Waals surface area contributed by atoms with E-state index in [0.717, 1.165) is 0 Å². The first-order valence-corrected chi connectivity index (χ1v) is 7.92. The van der Waals surface area contributed by atoms with Crippen molar-refractivity contribution in [3.05, 3.63) is 11.5 Å². The van der Waals surface area contributed by atoms with Crippen molar-refractivity contribution in [3.8, 4) is 0 Å². The number of hydrogen-bond donors (Lipinski definition) is 2. The van der Waals surface area contributed by atoms with E-state index in [1.807, 2.05) is 0 Å². The fourth-order valence-corrected chi connectivity index (χ4v) is 3.25. The molecule has 1 unspecified atom stereocenters. The number of imidazole rings is 1. The minimum atomic E-state index is -0.794.